The van der Waals surface area contributed by atoms with Crippen molar-refractivity contribution in [3.05, 3.63) is 29.8 Å². The van der Waals surface area contributed by atoms with Gasteiger partial charge in [0.2, 0.25) is 21.8 Å². The van der Waals surface area contributed by atoms with Crippen LogP contribution in [0.4, 0.5) is 0 Å². The predicted molar refractivity (Wildman–Crippen MR) is 88.4 cm³/mol. The predicted octanol–water partition coefficient (Wildman–Crippen LogP) is -0.386. The molecule has 4 N–H and O–H groups in total. The minimum Gasteiger partial charge on any atom is -0.354 e. The SMILES string of the molecule is NS(=O)(=O)c1ccc(CCNC(=O)[C@H]2CSCCC(=O)N2)cc1. The molecule has 1 heterocycles. The lowest BCUT2D eigenvalue weighted by atomic mass is 10.1. The first kappa shape index (κ1) is 17.8. The summed E-state index contributed by atoms with van der Waals surface area (Å²) in [5, 5.41) is 10.5. The molecular formula is C14H19N3O4S2. The number of carbonyl (C=O) groups excluding carboxylic acids is 2. The van der Waals surface area contributed by atoms with Gasteiger partial charge in [0.1, 0.15) is 6.04 Å². The highest BCUT2D eigenvalue weighted by atomic mass is 32.2. The van der Waals surface area contributed by atoms with Crippen LogP contribution in [0.25, 0.3) is 0 Å². The number of carbonyl (C=O) groups is 2. The van der Waals surface area contributed by atoms with Crippen molar-refractivity contribution in [3.63, 3.8) is 0 Å². The fourth-order valence-corrected chi connectivity index (χ4v) is 3.60. The molecule has 0 radical (unpaired) electrons. The van der Waals surface area contributed by atoms with Crippen LogP contribution in [0, 0.1) is 0 Å². The number of sulfonamides is 1. The number of amides is 2. The fourth-order valence-electron chi connectivity index (χ4n) is 2.11. The Hall–Kier alpha value is -1.58. The van der Waals surface area contributed by atoms with Gasteiger partial charge in [0.05, 0.1) is 4.90 Å². The number of benzene rings is 1. The Morgan fingerprint density at radius 3 is 2.70 bits per heavy atom. The maximum Gasteiger partial charge on any atom is 0.243 e. The summed E-state index contributed by atoms with van der Waals surface area (Å²) in [5.41, 5.74) is 0.886. The van der Waals surface area contributed by atoms with Crippen molar-refractivity contribution < 1.29 is 18.0 Å². The summed E-state index contributed by atoms with van der Waals surface area (Å²) in [4.78, 5) is 23.5. The summed E-state index contributed by atoms with van der Waals surface area (Å²) < 4.78 is 22.3. The van der Waals surface area contributed by atoms with Crippen molar-refractivity contribution in [2.45, 2.75) is 23.8 Å². The molecule has 126 valence electrons. The van der Waals surface area contributed by atoms with E-state index < -0.39 is 16.1 Å². The van der Waals surface area contributed by atoms with Crippen LogP contribution in [0.15, 0.2) is 29.2 Å². The van der Waals surface area contributed by atoms with E-state index in [1.807, 2.05) is 0 Å². The first-order chi connectivity index (χ1) is 10.9. The summed E-state index contributed by atoms with van der Waals surface area (Å²) in [7, 11) is -3.69. The molecule has 1 aliphatic rings. The van der Waals surface area contributed by atoms with Gasteiger partial charge in [-0.3, -0.25) is 9.59 Å². The Bertz CT molecular complexity index is 674. The topological polar surface area (TPSA) is 118 Å². The van der Waals surface area contributed by atoms with Crippen LogP contribution < -0.4 is 15.8 Å². The minimum absolute atomic E-state index is 0.0588. The van der Waals surface area contributed by atoms with Crippen LogP contribution in [-0.4, -0.2) is 44.3 Å². The van der Waals surface area contributed by atoms with Gasteiger partial charge in [0, 0.05) is 24.5 Å². The minimum atomic E-state index is -3.69. The van der Waals surface area contributed by atoms with E-state index in [-0.39, 0.29) is 16.7 Å². The van der Waals surface area contributed by atoms with Gasteiger partial charge in [-0.05, 0) is 24.1 Å². The third kappa shape index (κ3) is 5.52. The Balaban J connectivity index is 1.82. The molecule has 2 amide bonds. The van der Waals surface area contributed by atoms with Crippen molar-refractivity contribution in [3.8, 4) is 0 Å². The monoisotopic (exact) mass is 357 g/mol. The van der Waals surface area contributed by atoms with Crippen LogP contribution in [-0.2, 0) is 26.0 Å². The van der Waals surface area contributed by atoms with E-state index in [0.717, 1.165) is 11.3 Å². The highest BCUT2D eigenvalue weighted by molar-refractivity contribution is 7.99. The standard InChI is InChI=1S/C14H19N3O4S2/c15-23(20,21)11-3-1-10(2-4-11)5-7-16-14(19)12-9-22-8-6-13(18)17-12/h1-4,12H,5-9H2,(H,16,19)(H,17,18)(H2,15,20,21)/t12-/m1/s1. The molecule has 0 unspecified atom stereocenters. The second-order valence-electron chi connectivity index (χ2n) is 5.18. The summed E-state index contributed by atoms with van der Waals surface area (Å²) in [6.07, 6.45) is 0.995. The van der Waals surface area contributed by atoms with Gasteiger partial charge in [-0.2, -0.15) is 11.8 Å². The van der Waals surface area contributed by atoms with Crippen molar-refractivity contribution >= 4 is 33.6 Å². The molecule has 9 heteroatoms. The quantitative estimate of drug-likeness (QED) is 0.663. The average molecular weight is 357 g/mol. The van der Waals surface area contributed by atoms with Crippen LogP contribution in [0.2, 0.25) is 0 Å². The Morgan fingerprint density at radius 1 is 1.35 bits per heavy atom. The lowest BCUT2D eigenvalue weighted by molar-refractivity contribution is -0.128. The van der Waals surface area contributed by atoms with Crippen LogP contribution in [0.3, 0.4) is 0 Å². The van der Waals surface area contributed by atoms with Crippen LogP contribution in [0.5, 0.6) is 0 Å². The maximum absolute atomic E-state index is 12.0. The van der Waals surface area contributed by atoms with Gasteiger partial charge in [-0.25, -0.2) is 13.6 Å². The molecule has 0 saturated carbocycles. The van der Waals surface area contributed by atoms with Crippen molar-refractivity contribution in [2.75, 3.05) is 18.1 Å². The first-order valence-electron chi connectivity index (χ1n) is 7.13. The highest BCUT2D eigenvalue weighted by Gasteiger charge is 2.22. The Kier molecular flexibility index (Phi) is 6.03. The number of hydrogen-bond donors (Lipinski definition) is 3. The van der Waals surface area contributed by atoms with E-state index in [0.29, 0.717) is 25.1 Å². The number of primary sulfonamides is 1. The molecule has 0 bridgehead atoms. The summed E-state index contributed by atoms with van der Waals surface area (Å²) in [6.45, 7) is 0.407. The summed E-state index contributed by atoms with van der Waals surface area (Å²) >= 11 is 1.58. The van der Waals surface area contributed by atoms with Gasteiger partial charge in [0.15, 0.2) is 0 Å². The number of thioether (sulfide) groups is 1. The molecule has 0 spiro atoms. The molecule has 1 fully saturated rings. The number of hydrogen-bond acceptors (Lipinski definition) is 5. The number of nitrogens with one attached hydrogen (secondary N) is 2. The second-order valence-corrected chi connectivity index (χ2v) is 7.89. The summed E-state index contributed by atoms with van der Waals surface area (Å²) in [5.74, 6) is 0.995. The van der Waals surface area contributed by atoms with Crippen molar-refractivity contribution in [1.29, 1.82) is 0 Å². The number of rotatable bonds is 5. The molecule has 0 aliphatic carbocycles. The zero-order valence-corrected chi connectivity index (χ0v) is 14.1. The van der Waals surface area contributed by atoms with Gasteiger partial charge in [0.25, 0.3) is 0 Å². The third-order valence-corrected chi connectivity index (χ3v) is 5.37. The van der Waals surface area contributed by atoms with Crippen molar-refractivity contribution in [2.24, 2.45) is 5.14 Å². The normalized spacial score (nSPS) is 18.8. The number of nitrogens with two attached hydrogens (primary N) is 1. The molecule has 23 heavy (non-hydrogen) atoms. The molecular weight excluding hydrogens is 338 g/mol. The second kappa shape index (κ2) is 7.80. The fraction of sp³-hybridized carbons (Fsp3) is 0.429. The maximum atomic E-state index is 12.0. The van der Waals surface area contributed by atoms with E-state index in [4.69, 9.17) is 5.14 Å². The highest BCUT2D eigenvalue weighted by Crippen LogP contribution is 2.10. The van der Waals surface area contributed by atoms with E-state index in [9.17, 15) is 18.0 Å². The zero-order valence-electron chi connectivity index (χ0n) is 12.4. The van der Waals surface area contributed by atoms with Gasteiger partial charge in [-0.15, -0.1) is 0 Å². The molecule has 1 atom stereocenters. The summed E-state index contributed by atoms with van der Waals surface area (Å²) in [6, 6.07) is 5.70. The lowest BCUT2D eigenvalue weighted by Crippen LogP contribution is -2.47. The van der Waals surface area contributed by atoms with E-state index in [1.165, 1.54) is 12.1 Å². The van der Waals surface area contributed by atoms with Gasteiger partial charge < -0.3 is 10.6 Å². The molecule has 1 aliphatic heterocycles. The molecule has 1 saturated heterocycles. The van der Waals surface area contributed by atoms with Crippen LogP contribution >= 0.6 is 11.8 Å². The third-order valence-electron chi connectivity index (χ3n) is 3.37. The lowest BCUT2D eigenvalue weighted by Gasteiger charge is -2.15. The smallest absolute Gasteiger partial charge is 0.243 e. The Morgan fingerprint density at radius 2 is 2.04 bits per heavy atom. The largest absolute Gasteiger partial charge is 0.354 e. The molecule has 2 rings (SSSR count). The van der Waals surface area contributed by atoms with Crippen molar-refractivity contribution in [1.82, 2.24) is 10.6 Å². The van der Waals surface area contributed by atoms with E-state index in [2.05, 4.69) is 10.6 Å². The van der Waals surface area contributed by atoms with E-state index >= 15 is 0 Å². The van der Waals surface area contributed by atoms with Crippen LogP contribution in [0.1, 0.15) is 12.0 Å². The van der Waals surface area contributed by atoms with Gasteiger partial charge in [-0.1, -0.05) is 12.1 Å². The molecule has 7 nitrogen and oxygen atoms in total. The molecule has 1 aromatic rings. The zero-order chi connectivity index (χ0) is 16.9. The molecule has 0 aromatic heterocycles. The van der Waals surface area contributed by atoms with Gasteiger partial charge >= 0.3 is 0 Å². The molecule has 1 aromatic carbocycles. The average Bonchev–Trinajstić information content (AvgIpc) is 2.71. The first-order valence-corrected chi connectivity index (χ1v) is 9.83. The Labute approximate surface area is 139 Å². The van der Waals surface area contributed by atoms with E-state index in [1.54, 1.807) is 23.9 Å².